The molecule has 1 atom stereocenters. The van der Waals surface area contributed by atoms with E-state index in [-0.39, 0.29) is 11.3 Å². The standard InChI is InChI=1S/C26H16N2O6/c29-19-8-10-22-17(13-19)14-20(26(31)33-22)25-28(24(27-34-25)15-4-2-1-3-5-15)18-7-9-21-16(12-18)6-11-23(30)32-21/h1-14,25,29H. The summed E-state index contributed by atoms with van der Waals surface area (Å²) < 4.78 is 10.8. The molecule has 1 aliphatic rings. The number of rotatable bonds is 3. The molecule has 2 aromatic heterocycles. The van der Waals surface area contributed by atoms with Crippen LogP contribution in [-0.2, 0) is 4.84 Å². The number of nitrogens with zero attached hydrogens (tertiary/aromatic N) is 2. The second-order valence-electron chi connectivity index (χ2n) is 7.80. The number of benzene rings is 3. The van der Waals surface area contributed by atoms with E-state index in [2.05, 4.69) is 5.16 Å². The number of amidine groups is 1. The number of phenols is 1. The van der Waals surface area contributed by atoms with Crippen molar-refractivity contribution >= 4 is 33.5 Å². The van der Waals surface area contributed by atoms with Gasteiger partial charge in [-0.05, 0) is 48.5 Å². The lowest BCUT2D eigenvalue weighted by Crippen LogP contribution is -2.33. The van der Waals surface area contributed by atoms with Crippen LogP contribution in [0.3, 0.4) is 0 Å². The van der Waals surface area contributed by atoms with Gasteiger partial charge < -0.3 is 18.8 Å². The van der Waals surface area contributed by atoms with Crippen LogP contribution in [0.4, 0.5) is 5.69 Å². The van der Waals surface area contributed by atoms with E-state index in [1.54, 1.807) is 29.2 Å². The Morgan fingerprint density at radius 3 is 2.44 bits per heavy atom. The molecule has 34 heavy (non-hydrogen) atoms. The first-order valence-corrected chi connectivity index (χ1v) is 10.5. The summed E-state index contributed by atoms with van der Waals surface area (Å²) in [6.07, 6.45) is -0.925. The number of phenolic OH excluding ortho intramolecular Hbond substituents is 1. The molecule has 166 valence electrons. The Kier molecular flexibility index (Phi) is 4.44. The highest BCUT2D eigenvalue weighted by Crippen LogP contribution is 2.36. The molecule has 1 unspecified atom stereocenters. The van der Waals surface area contributed by atoms with Crippen molar-refractivity contribution in [3.8, 4) is 5.75 Å². The largest absolute Gasteiger partial charge is 0.508 e. The molecule has 0 radical (unpaired) electrons. The second-order valence-corrected chi connectivity index (χ2v) is 7.80. The van der Waals surface area contributed by atoms with Gasteiger partial charge in [0.05, 0.1) is 0 Å². The first kappa shape index (κ1) is 19.8. The Bertz CT molecular complexity index is 1700. The molecule has 8 heteroatoms. The maximum atomic E-state index is 12.9. The molecule has 3 heterocycles. The lowest BCUT2D eigenvalue weighted by atomic mass is 10.1. The summed E-state index contributed by atoms with van der Waals surface area (Å²) in [7, 11) is 0. The summed E-state index contributed by atoms with van der Waals surface area (Å²) in [5.41, 5.74) is 1.44. The molecule has 0 saturated heterocycles. The minimum Gasteiger partial charge on any atom is -0.508 e. The van der Waals surface area contributed by atoms with Crippen molar-refractivity contribution in [1.29, 1.82) is 0 Å². The van der Waals surface area contributed by atoms with Crippen LogP contribution in [-0.4, -0.2) is 10.9 Å². The van der Waals surface area contributed by atoms with Crippen LogP contribution >= 0.6 is 0 Å². The highest BCUT2D eigenvalue weighted by atomic mass is 16.7. The fraction of sp³-hybridized carbons (Fsp3) is 0.0385. The monoisotopic (exact) mass is 452 g/mol. The summed E-state index contributed by atoms with van der Waals surface area (Å²) in [6.45, 7) is 0. The Balaban J connectivity index is 1.53. The van der Waals surface area contributed by atoms with Gasteiger partial charge >= 0.3 is 11.3 Å². The van der Waals surface area contributed by atoms with Gasteiger partial charge in [-0.25, -0.2) is 9.59 Å². The molecule has 1 N–H and O–H groups in total. The van der Waals surface area contributed by atoms with Gasteiger partial charge in [0.2, 0.25) is 6.23 Å². The first-order valence-electron chi connectivity index (χ1n) is 10.5. The third-order valence-electron chi connectivity index (χ3n) is 5.62. The van der Waals surface area contributed by atoms with E-state index < -0.39 is 17.5 Å². The first-order chi connectivity index (χ1) is 16.6. The van der Waals surface area contributed by atoms with Gasteiger partial charge in [-0.15, -0.1) is 0 Å². The van der Waals surface area contributed by atoms with E-state index in [4.69, 9.17) is 13.7 Å². The molecular weight excluding hydrogens is 436 g/mol. The van der Waals surface area contributed by atoms with Crippen molar-refractivity contribution in [1.82, 2.24) is 0 Å². The van der Waals surface area contributed by atoms with Crippen LogP contribution in [0.2, 0.25) is 0 Å². The van der Waals surface area contributed by atoms with E-state index in [9.17, 15) is 14.7 Å². The normalized spacial score (nSPS) is 15.5. The van der Waals surface area contributed by atoms with Crippen molar-refractivity contribution in [3.63, 3.8) is 0 Å². The number of oxime groups is 1. The predicted octanol–water partition coefficient (Wildman–Crippen LogP) is 4.50. The van der Waals surface area contributed by atoms with E-state index in [1.807, 2.05) is 36.4 Å². The zero-order chi connectivity index (χ0) is 23.2. The minimum atomic E-state index is -0.925. The fourth-order valence-corrected chi connectivity index (χ4v) is 4.04. The highest BCUT2D eigenvalue weighted by molar-refractivity contribution is 6.11. The van der Waals surface area contributed by atoms with Crippen LogP contribution in [0.1, 0.15) is 17.4 Å². The molecule has 8 nitrogen and oxygen atoms in total. The van der Waals surface area contributed by atoms with Gasteiger partial charge in [0, 0.05) is 28.1 Å². The molecule has 0 spiro atoms. The maximum absolute atomic E-state index is 12.9. The van der Waals surface area contributed by atoms with Crippen LogP contribution < -0.4 is 16.2 Å². The zero-order valence-electron chi connectivity index (χ0n) is 17.5. The summed E-state index contributed by atoms with van der Waals surface area (Å²) in [5.74, 6) is 0.548. The third-order valence-corrected chi connectivity index (χ3v) is 5.62. The van der Waals surface area contributed by atoms with E-state index in [0.29, 0.717) is 33.5 Å². The number of anilines is 1. The molecule has 0 saturated carbocycles. The molecule has 0 bridgehead atoms. The number of aromatic hydroxyl groups is 1. The number of fused-ring (bicyclic) bond motifs is 2. The molecular formula is C26H16N2O6. The Morgan fingerprint density at radius 2 is 1.59 bits per heavy atom. The average Bonchev–Trinajstić information content (AvgIpc) is 3.29. The van der Waals surface area contributed by atoms with Gasteiger partial charge in [0.15, 0.2) is 5.84 Å². The number of hydrogen-bond donors (Lipinski definition) is 1. The molecule has 5 aromatic rings. The van der Waals surface area contributed by atoms with Crippen LogP contribution in [0.15, 0.2) is 109 Å². The SMILES string of the molecule is O=c1ccc2cc(N3C(c4ccccc4)=NOC3c3cc4cc(O)ccc4oc3=O)ccc2o1. The van der Waals surface area contributed by atoms with Crippen molar-refractivity contribution in [2.24, 2.45) is 5.16 Å². The van der Waals surface area contributed by atoms with Gasteiger partial charge in [-0.3, -0.25) is 4.90 Å². The van der Waals surface area contributed by atoms with E-state index >= 15 is 0 Å². The molecule has 6 rings (SSSR count). The van der Waals surface area contributed by atoms with Gasteiger partial charge in [0.25, 0.3) is 0 Å². The molecule has 0 fully saturated rings. The zero-order valence-corrected chi connectivity index (χ0v) is 17.5. The van der Waals surface area contributed by atoms with Crippen molar-refractivity contribution in [3.05, 3.63) is 117 Å². The Labute approximate surface area is 191 Å². The predicted molar refractivity (Wildman–Crippen MR) is 126 cm³/mol. The van der Waals surface area contributed by atoms with Crippen LogP contribution in [0.5, 0.6) is 5.75 Å². The quantitative estimate of drug-likeness (QED) is 0.402. The van der Waals surface area contributed by atoms with Crippen molar-refractivity contribution in [2.75, 3.05) is 4.90 Å². The van der Waals surface area contributed by atoms with E-state index in [0.717, 1.165) is 5.56 Å². The fourth-order valence-electron chi connectivity index (χ4n) is 4.04. The van der Waals surface area contributed by atoms with Crippen molar-refractivity contribution in [2.45, 2.75) is 6.23 Å². The topological polar surface area (TPSA) is 105 Å². The molecule has 0 aliphatic carbocycles. The Morgan fingerprint density at radius 1 is 0.794 bits per heavy atom. The minimum absolute atomic E-state index is 0.0498. The van der Waals surface area contributed by atoms with Gasteiger partial charge in [-0.2, -0.15) is 0 Å². The van der Waals surface area contributed by atoms with Gasteiger partial charge in [0.1, 0.15) is 22.5 Å². The molecule has 0 amide bonds. The second kappa shape index (κ2) is 7.63. The molecule has 3 aromatic carbocycles. The summed E-state index contributed by atoms with van der Waals surface area (Å²) in [4.78, 5) is 32.1. The maximum Gasteiger partial charge on any atom is 0.345 e. The number of hydrogen-bond acceptors (Lipinski definition) is 8. The summed E-state index contributed by atoms with van der Waals surface area (Å²) >= 11 is 0. The molecule has 1 aliphatic heterocycles. The lowest BCUT2D eigenvalue weighted by Gasteiger charge is -2.25. The van der Waals surface area contributed by atoms with Crippen molar-refractivity contribution < 1.29 is 18.8 Å². The van der Waals surface area contributed by atoms with Gasteiger partial charge in [-0.1, -0.05) is 35.5 Å². The average molecular weight is 452 g/mol. The smallest absolute Gasteiger partial charge is 0.345 e. The summed E-state index contributed by atoms with van der Waals surface area (Å²) in [5, 5.41) is 15.4. The van der Waals surface area contributed by atoms with E-state index in [1.165, 1.54) is 24.3 Å². The Hall–Kier alpha value is -4.85. The third kappa shape index (κ3) is 3.29. The van der Waals surface area contributed by atoms with Crippen LogP contribution in [0, 0.1) is 0 Å². The lowest BCUT2D eigenvalue weighted by molar-refractivity contribution is 0.0844. The highest BCUT2D eigenvalue weighted by Gasteiger charge is 2.36. The van der Waals surface area contributed by atoms with Crippen LogP contribution in [0.25, 0.3) is 21.9 Å². The summed E-state index contributed by atoms with van der Waals surface area (Å²) in [6, 6.07) is 23.8.